The van der Waals surface area contributed by atoms with Gasteiger partial charge in [0.05, 0.1) is 6.26 Å². The third-order valence-electron chi connectivity index (χ3n) is 1.94. The largest absolute Gasteiger partial charge is 0.459 e. The van der Waals surface area contributed by atoms with Crippen molar-refractivity contribution in [1.29, 1.82) is 0 Å². The predicted octanol–water partition coefficient (Wildman–Crippen LogP) is 1.98. The minimum absolute atomic E-state index is 0.0132. The van der Waals surface area contributed by atoms with E-state index in [-0.39, 0.29) is 11.9 Å². The monoisotopic (exact) mass is 201 g/mol. The quantitative estimate of drug-likeness (QED) is 0.701. The van der Waals surface area contributed by atoms with Gasteiger partial charge in [-0.1, -0.05) is 0 Å². The Morgan fingerprint density at radius 3 is 2.92 bits per heavy atom. The lowest BCUT2D eigenvalue weighted by molar-refractivity contribution is 0.0724. The molecule has 0 aliphatic heterocycles. The SMILES string of the molecule is CC(CCl)N(C)C(=O)c1ccco1. The molecule has 0 saturated heterocycles. The maximum absolute atomic E-state index is 11.6. The first-order valence-electron chi connectivity index (χ1n) is 4.03. The molecule has 0 saturated carbocycles. The van der Waals surface area contributed by atoms with Crippen molar-refractivity contribution in [3.8, 4) is 0 Å². The molecule has 0 spiro atoms. The molecule has 3 nitrogen and oxygen atoms in total. The Morgan fingerprint density at radius 2 is 2.46 bits per heavy atom. The molecule has 0 radical (unpaired) electrons. The summed E-state index contributed by atoms with van der Waals surface area (Å²) in [7, 11) is 1.71. The van der Waals surface area contributed by atoms with Gasteiger partial charge in [0.25, 0.3) is 5.91 Å². The van der Waals surface area contributed by atoms with Crippen molar-refractivity contribution < 1.29 is 9.21 Å². The van der Waals surface area contributed by atoms with Gasteiger partial charge in [-0.3, -0.25) is 4.79 Å². The highest BCUT2D eigenvalue weighted by Gasteiger charge is 2.18. The molecule has 1 unspecified atom stereocenters. The first-order chi connectivity index (χ1) is 6.16. The molecule has 1 atom stereocenters. The topological polar surface area (TPSA) is 33.5 Å². The van der Waals surface area contributed by atoms with Gasteiger partial charge in [0.15, 0.2) is 5.76 Å². The highest BCUT2D eigenvalue weighted by molar-refractivity contribution is 6.18. The van der Waals surface area contributed by atoms with E-state index in [0.29, 0.717) is 11.6 Å². The zero-order valence-corrected chi connectivity index (χ0v) is 8.41. The van der Waals surface area contributed by atoms with E-state index >= 15 is 0 Å². The molecular formula is C9H12ClNO2. The number of carbonyl (C=O) groups excluding carboxylic acids is 1. The van der Waals surface area contributed by atoms with Crippen LogP contribution in [-0.2, 0) is 0 Å². The second kappa shape index (κ2) is 4.33. The molecular weight excluding hydrogens is 190 g/mol. The van der Waals surface area contributed by atoms with Crippen LogP contribution in [0.5, 0.6) is 0 Å². The highest BCUT2D eigenvalue weighted by atomic mass is 35.5. The molecule has 0 aliphatic carbocycles. The summed E-state index contributed by atoms with van der Waals surface area (Å²) in [6.45, 7) is 1.88. The summed E-state index contributed by atoms with van der Waals surface area (Å²) in [4.78, 5) is 13.1. The van der Waals surface area contributed by atoms with Gasteiger partial charge in [0.1, 0.15) is 0 Å². The Kier molecular flexibility index (Phi) is 3.37. The second-order valence-corrected chi connectivity index (χ2v) is 3.21. The summed E-state index contributed by atoms with van der Waals surface area (Å²) in [6.07, 6.45) is 1.48. The van der Waals surface area contributed by atoms with Crippen LogP contribution in [0.1, 0.15) is 17.5 Å². The normalized spacial score (nSPS) is 12.5. The fraction of sp³-hybridized carbons (Fsp3) is 0.444. The van der Waals surface area contributed by atoms with Crippen LogP contribution in [0, 0.1) is 0 Å². The van der Waals surface area contributed by atoms with E-state index in [0.717, 1.165) is 0 Å². The van der Waals surface area contributed by atoms with Crippen molar-refractivity contribution in [1.82, 2.24) is 4.90 Å². The van der Waals surface area contributed by atoms with Crippen molar-refractivity contribution in [3.63, 3.8) is 0 Å². The van der Waals surface area contributed by atoms with Gasteiger partial charge in [-0.05, 0) is 19.1 Å². The number of furan rings is 1. The minimum atomic E-state index is -0.141. The minimum Gasteiger partial charge on any atom is -0.459 e. The molecule has 1 heterocycles. The van der Waals surface area contributed by atoms with E-state index in [1.54, 1.807) is 24.1 Å². The fourth-order valence-electron chi connectivity index (χ4n) is 0.878. The number of rotatable bonds is 3. The molecule has 1 rings (SSSR count). The molecule has 0 fully saturated rings. The summed E-state index contributed by atoms with van der Waals surface area (Å²) in [6, 6.07) is 3.34. The molecule has 4 heteroatoms. The Labute approximate surface area is 82.3 Å². The van der Waals surface area contributed by atoms with Gasteiger partial charge < -0.3 is 9.32 Å². The summed E-state index contributed by atoms with van der Waals surface area (Å²) in [5.74, 6) is 0.626. The van der Waals surface area contributed by atoms with Crippen LogP contribution in [-0.4, -0.2) is 29.8 Å². The van der Waals surface area contributed by atoms with Crippen LogP contribution in [0.4, 0.5) is 0 Å². The zero-order chi connectivity index (χ0) is 9.84. The standard InChI is InChI=1S/C9H12ClNO2/c1-7(6-10)11(2)9(12)8-4-3-5-13-8/h3-5,7H,6H2,1-2H3. The number of carbonyl (C=O) groups is 1. The molecule has 13 heavy (non-hydrogen) atoms. The van der Waals surface area contributed by atoms with Gasteiger partial charge >= 0.3 is 0 Å². The summed E-state index contributed by atoms with van der Waals surface area (Å²) >= 11 is 5.63. The van der Waals surface area contributed by atoms with E-state index < -0.39 is 0 Å². The Hall–Kier alpha value is -0.960. The maximum atomic E-state index is 11.6. The second-order valence-electron chi connectivity index (χ2n) is 2.90. The van der Waals surface area contributed by atoms with Gasteiger partial charge in [-0.2, -0.15) is 0 Å². The molecule has 0 aliphatic rings. The van der Waals surface area contributed by atoms with Crippen molar-refractivity contribution in [3.05, 3.63) is 24.2 Å². The van der Waals surface area contributed by atoms with Crippen LogP contribution >= 0.6 is 11.6 Å². The van der Waals surface area contributed by atoms with Gasteiger partial charge in [0, 0.05) is 19.0 Å². The zero-order valence-electron chi connectivity index (χ0n) is 7.66. The first kappa shape index (κ1) is 10.1. The molecule has 0 N–H and O–H groups in total. The van der Waals surface area contributed by atoms with Crippen LogP contribution in [0.25, 0.3) is 0 Å². The Balaban J connectivity index is 2.68. The van der Waals surface area contributed by atoms with Crippen molar-refractivity contribution in [2.24, 2.45) is 0 Å². The van der Waals surface area contributed by atoms with Gasteiger partial charge in [0.2, 0.25) is 0 Å². The number of halogens is 1. The van der Waals surface area contributed by atoms with Gasteiger partial charge in [-0.25, -0.2) is 0 Å². The molecule has 1 aromatic rings. The van der Waals surface area contributed by atoms with E-state index in [4.69, 9.17) is 16.0 Å². The average Bonchev–Trinajstić information content (AvgIpc) is 2.67. The van der Waals surface area contributed by atoms with E-state index in [1.165, 1.54) is 6.26 Å². The third kappa shape index (κ3) is 2.25. The van der Waals surface area contributed by atoms with E-state index in [2.05, 4.69) is 0 Å². The van der Waals surface area contributed by atoms with E-state index in [1.807, 2.05) is 6.92 Å². The van der Waals surface area contributed by atoms with Crippen LogP contribution < -0.4 is 0 Å². The number of hydrogen-bond acceptors (Lipinski definition) is 2. The fourth-order valence-corrected chi connectivity index (χ4v) is 1.08. The van der Waals surface area contributed by atoms with Crippen molar-refractivity contribution >= 4 is 17.5 Å². The van der Waals surface area contributed by atoms with Crippen molar-refractivity contribution in [2.45, 2.75) is 13.0 Å². The summed E-state index contributed by atoms with van der Waals surface area (Å²) in [5, 5.41) is 0. The van der Waals surface area contributed by atoms with E-state index in [9.17, 15) is 4.79 Å². The Morgan fingerprint density at radius 1 is 1.77 bits per heavy atom. The number of amides is 1. The van der Waals surface area contributed by atoms with Gasteiger partial charge in [-0.15, -0.1) is 11.6 Å². The predicted molar refractivity (Wildman–Crippen MR) is 51.0 cm³/mol. The smallest absolute Gasteiger partial charge is 0.289 e. The Bertz CT molecular complexity index is 271. The molecule has 1 amide bonds. The highest BCUT2D eigenvalue weighted by Crippen LogP contribution is 2.07. The summed E-state index contributed by atoms with van der Waals surface area (Å²) < 4.78 is 4.98. The summed E-state index contributed by atoms with van der Waals surface area (Å²) in [5.41, 5.74) is 0. The van der Waals surface area contributed by atoms with Crippen molar-refractivity contribution in [2.75, 3.05) is 12.9 Å². The number of alkyl halides is 1. The number of hydrogen-bond donors (Lipinski definition) is 0. The lowest BCUT2D eigenvalue weighted by Gasteiger charge is -2.21. The molecule has 0 bridgehead atoms. The third-order valence-corrected chi connectivity index (χ3v) is 2.38. The molecule has 72 valence electrons. The average molecular weight is 202 g/mol. The maximum Gasteiger partial charge on any atom is 0.289 e. The van der Waals surface area contributed by atoms with Crippen LogP contribution in [0.15, 0.2) is 22.8 Å². The van der Waals surface area contributed by atoms with Crippen LogP contribution in [0.3, 0.4) is 0 Å². The molecule has 1 aromatic heterocycles. The first-order valence-corrected chi connectivity index (χ1v) is 4.57. The lowest BCUT2D eigenvalue weighted by atomic mass is 10.3. The molecule has 0 aromatic carbocycles. The van der Waals surface area contributed by atoms with Crippen LogP contribution in [0.2, 0.25) is 0 Å². The number of nitrogens with zero attached hydrogens (tertiary/aromatic N) is 1. The lowest BCUT2D eigenvalue weighted by Crippen LogP contribution is -2.35.